The van der Waals surface area contributed by atoms with Crippen molar-refractivity contribution in [3.8, 4) is 17.2 Å². The summed E-state index contributed by atoms with van der Waals surface area (Å²) in [6.07, 6.45) is 5.17. The van der Waals surface area contributed by atoms with Crippen molar-refractivity contribution < 1.29 is 24.1 Å². The van der Waals surface area contributed by atoms with Gasteiger partial charge in [-0.3, -0.25) is 9.69 Å². The molecule has 2 heterocycles. The van der Waals surface area contributed by atoms with Crippen molar-refractivity contribution in [2.75, 3.05) is 19.9 Å². The number of hydrogen-bond acceptors (Lipinski definition) is 6. The van der Waals surface area contributed by atoms with E-state index in [2.05, 4.69) is 17.0 Å². The van der Waals surface area contributed by atoms with Gasteiger partial charge in [0.1, 0.15) is 11.9 Å². The number of carbonyl (C=O) groups is 1. The molecule has 1 saturated heterocycles. The number of rotatable bonds is 7. The first-order valence-corrected chi connectivity index (χ1v) is 12.2. The van der Waals surface area contributed by atoms with Gasteiger partial charge in [0, 0.05) is 19.6 Å². The monoisotopic (exact) mass is 449 g/mol. The molecule has 33 heavy (non-hydrogen) atoms. The molecule has 3 unspecified atom stereocenters. The maximum Gasteiger partial charge on any atom is 0.313 e. The number of fused-ring (bicyclic) bond motifs is 2. The van der Waals surface area contributed by atoms with E-state index in [0.717, 1.165) is 68.8 Å². The fraction of sp³-hybridized carbons (Fsp3) is 0.519. The van der Waals surface area contributed by atoms with E-state index in [-0.39, 0.29) is 23.7 Å². The maximum atomic E-state index is 13.1. The molecule has 2 aromatic carbocycles. The maximum absolute atomic E-state index is 13.1. The molecule has 6 rings (SSSR count). The molecule has 0 bridgehead atoms. The minimum atomic E-state index is -0.246. The first-order chi connectivity index (χ1) is 16.1. The SMILES string of the molecule is O=C(OC1CCCC1)C(CC1C2CN(Cc3ccc4c(c3)OCO4)CC12)c1ccc(O)cc1. The molecule has 2 aliphatic heterocycles. The molecular formula is C27H31NO5. The number of esters is 1. The summed E-state index contributed by atoms with van der Waals surface area (Å²) in [7, 11) is 0. The first kappa shape index (κ1) is 20.8. The zero-order valence-corrected chi connectivity index (χ0v) is 18.8. The normalized spacial score (nSPS) is 26.8. The van der Waals surface area contributed by atoms with Gasteiger partial charge in [-0.1, -0.05) is 18.2 Å². The molecular weight excluding hydrogens is 418 g/mol. The van der Waals surface area contributed by atoms with Crippen molar-refractivity contribution in [1.82, 2.24) is 4.90 Å². The second-order valence-corrected chi connectivity index (χ2v) is 10.1. The van der Waals surface area contributed by atoms with E-state index in [4.69, 9.17) is 14.2 Å². The number of ether oxygens (including phenoxy) is 3. The average molecular weight is 450 g/mol. The summed E-state index contributed by atoms with van der Waals surface area (Å²) in [5.74, 6) is 3.42. The third-order valence-electron chi connectivity index (χ3n) is 7.96. The van der Waals surface area contributed by atoms with Crippen LogP contribution in [-0.4, -0.2) is 42.0 Å². The Morgan fingerprint density at radius 3 is 2.52 bits per heavy atom. The highest BCUT2D eigenvalue weighted by Gasteiger charge is 2.56. The molecule has 2 aliphatic carbocycles. The molecule has 3 fully saturated rings. The predicted octanol–water partition coefficient (Wildman–Crippen LogP) is 4.46. The molecule has 6 nitrogen and oxygen atoms in total. The van der Waals surface area contributed by atoms with Crippen LogP contribution in [0.15, 0.2) is 42.5 Å². The van der Waals surface area contributed by atoms with Crippen LogP contribution in [0.2, 0.25) is 0 Å². The molecule has 0 spiro atoms. The van der Waals surface area contributed by atoms with Crippen LogP contribution in [0.5, 0.6) is 17.2 Å². The second-order valence-electron chi connectivity index (χ2n) is 10.1. The van der Waals surface area contributed by atoms with E-state index in [1.54, 1.807) is 12.1 Å². The summed E-state index contributed by atoms with van der Waals surface area (Å²) in [6, 6.07) is 13.3. The lowest BCUT2D eigenvalue weighted by atomic mass is 9.92. The van der Waals surface area contributed by atoms with Crippen molar-refractivity contribution in [2.45, 2.75) is 50.7 Å². The molecule has 0 aromatic heterocycles. The molecule has 4 aliphatic rings. The van der Waals surface area contributed by atoms with E-state index < -0.39 is 0 Å². The Kier molecular flexibility index (Phi) is 5.41. The Hall–Kier alpha value is -2.73. The van der Waals surface area contributed by atoms with Crippen LogP contribution in [0.25, 0.3) is 0 Å². The predicted molar refractivity (Wildman–Crippen MR) is 122 cm³/mol. The van der Waals surface area contributed by atoms with Gasteiger partial charge in [0.25, 0.3) is 0 Å². The van der Waals surface area contributed by atoms with E-state index in [1.165, 1.54) is 5.56 Å². The fourth-order valence-electron chi connectivity index (χ4n) is 6.11. The van der Waals surface area contributed by atoms with Gasteiger partial charge in [0.2, 0.25) is 6.79 Å². The Labute approximate surface area is 194 Å². The van der Waals surface area contributed by atoms with E-state index in [9.17, 15) is 9.90 Å². The smallest absolute Gasteiger partial charge is 0.313 e. The van der Waals surface area contributed by atoms with Crippen LogP contribution < -0.4 is 9.47 Å². The highest BCUT2D eigenvalue weighted by atomic mass is 16.7. The Morgan fingerprint density at radius 2 is 1.76 bits per heavy atom. The van der Waals surface area contributed by atoms with Crippen molar-refractivity contribution in [3.05, 3.63) is 53.6 Å². The van der Waals surface area contributed by atoms with Crippen LogP contribution in [0.1, 0.15) is 49.1 Å². The minimum absolute atomic E-state index is 0.0769. The number of phenols is 1. The summed E-state index contributed by atoms with van der Waals surface area (Å²) in [6.45, 7) is 3.37. The van der Waals surface area contributed by atoms with Gasteiger partial charge in [0.05, 0.1) is 5.92 Å². The third-order valence-corrected chi connectivity index (χ3v) is 7.96. The van der Waals surface area contributed by atoms with Crippen molar-refractivity contribution in [3.63, 3.8) is 0 Å². The average Bonchev–Trinajstić information content (AvgIpc) is 3.33. The van der Waals surface area contributed by atoms with E-state index in [1.807, 2.05) is 18.2 Å². The van der Waals surface area contributed by atoms with Crippen LogP contribution in [0, 0.1) is 17.8 Å². The van der Waals surface area contributed by atoms with Crippen LogP contribution in [0.4, 0.5) is 0 Å². The summed E-state index contributed by atoms with van der Waals surface area (Å²) in [5.41, 5.74) is 2.21. The zero-order chi connectivity index (χ0) is 22.4. The molecule has 2 aromatic rings. The number of carbonyl (C=O) groups excluding carboxylic acids is 1. The lowest BCUT2D eigenvalue weighted by molar-refractivity contribution is -0.151. The molecule has 1 N–H and O–H groups in total. The number of likely N-dealkylation sites (tertiary alicyclic amines) is 1. The Balaban J connectivity index is 1.08. The van der Waals surface area contributed by atoms with Gasteiger partial charge in [-0.05, 0) is 85.3 Å². The zero-order valence-electron chi connectivity index (χ0n) is 18.8. The topological polar surface area (TPSA) is 68.2 Å². The van der Waals surface area contributed by atoms with E-state index in [0.29, 0.717) is 24.5 Å². The third kappa shape index (κ3) is 4.29. The Morgan fingerprint density at radius 1 is 1.03 bits per heavy atom. The number of piperidine rings is 1. The quantitative estimate of drug-likeness (QED) is 0.630. The van der Waals surface area contributed by atoms with Crippen LogP contribution in [0.3, 0.4) is 0 Å². The summed E-state index contributed by atoms with van der Waals surface area (Å²) < 4.78 is 16.8. The lowest BCUT2D eigenvalue weighted by Gasteiger charge is -2.23. The van der Waals surface area contributed by atoms with Gasteiger partial charge in [-0.2, -0.15) is 0 Å². The summed E-state index contributed by atoms with van der Waals surface area (Å²) >= 11 is 0. The van der Waals surface area contributed by atoms with Gasteiger partial charge in [-0.15, -0.1) is 0 Å². The number of aromatic hydroxyl groups is 1. The van der Waals surface area contributed by atoms with Gasteiger partial charge in [-0.25, -0.2) is 0 Å². The largest absolute Gasteiger partial charge is 0.508 e. The van der Waals surface area contributed by atoms with Crippen LogP contribution >= 0.6 is 0 Å². The molecule has 0 amide bonds. The lowest BCUT2D eigenvalue weighted by Crippen LogP contribution is -2.26. The Bertz CT molecular complexity index is 1000. The number of hydrogen-bond donors (Lipinski definition) is 1. The highest BCUT2D eigenvalue weighted by Crippen LogP contribution is 2.56. The first-order valence-electron chi connectivity index (χ1n) is 12.2. The van der Waals surface area contributed by atoms with Gasteiger partial charge >= 0.3 is 5.97 Å². The van der Waals surface area contributed by atoms with Crippen molar-refractivity contribution in [2.24, 2.45) is 17.8 Å². The highest BCUT2D eigenvalue weighted by molar-refractivity contribution is 5.78. The van der Waals surface area contributed by atoms with E-state index >= 15 is 0 Å². The second kappa shape index (κ2) is 8.56. The van der Waals surface area contributed by atoms with Crippen LogP contribution in [-0.2, 0) is 16.1 Å². The summed E-state index contributed by atoms with van der Waals surface area (Å²) in [5, 5.41) is 9.70. The standard InChI is InChI=1S/C27H31NO5/c29-19-8-6-18(7-9-19)21(27(30)33-20-3-1-2-4-20)12-22-23-14-28(15-24(22)23)13-17-5-10-25-26(11-17)32-16-31-25/h5-11,20-24,29H,1-4,12-16H2. The number of nitrogens with zero attached hydrogens (tertiary/aromatic N) is 1. The number of phenolic OH excluding ortho intramolecular Hbond substituents is 1. The van der Waals surface area contributed by atoms with Gasteiger partial charge in [0.15, 0.2) is 11.5 Å². The molecule has 6 heteroatoms. The van der Waals surface area contributed by atoms with Crippen molar-refractivity contribution >= 4 is 5.97 Å². The summed E-state index contributed by atoms with van der Waals surface area (Å²) in [4.78, 5) is 15.7. The minimum Gasteiger partial charge on any atom is -0.508 e. The van der Waals surface area contributed by atoms with Crippen molar-refractivity contribution in [1.29, 1.82) is 0 Å². The fourth-order valence-corrected chi connectivity index (χ4v) is 6.11. The molecule has 3 atom stereocenters. The molecule has 0 radical (unpaired) electrons. The van der Waals surface area contributed by atoms with Gasteiger partial charge < -0.3 is 19.3 Å². The molecule has 2 saturated carbocycles. The molecule has 174 valence electrons. The number of benzene rings is 2.